The molecule has 1 heterocycles. The van der Waals surface area contributed by atoms with E-state index in [4.69, 9.17) is 22.2 Å². The number of halogens is 2. The zero-order valence-electron chi connectivity index (χ0n) is 11.0. The van der Waals surface area contributed by atoms with E-state index in [1.807, 2.05) is 12.1 Å². The fourth-order valence-electron chi connectivity index (χ4n) is 2.75. The summed E-state index contributed by atoms with van der Waals surface area (Å²) in [6.07, 6.45) is 1.89. The molecule has 0 bridgehead atoms. The van der Waals surface area contributed by atoms with Crippen LogP contribution in [0.2, 0.25) is 5.02 Å². The van der Waals surface area contributed by atoms with E-state index < -0.39 is 0 Å². The Hall–Kier alpha value is -0.130. The molecule has 106 valence electrons. The van der Waals surface area contributed by atoms with E-state index in [9.17, 15) is 0 Å². The first kappa shape index (κ1) is 15.3. The molecule has 1 aliphatic heterocycles. The van der Waals surface area contributed by atoms with Crippen LogP contribution >= 0.6 is 27.5 Å². The lowest BCUT2D eigenvalue weighted by Crippen LogP contribution is -2.47. The summed E-state index contributed by atoms with van der Waals surface area (Å²) in [5, 5.41) is 0.786. The van der Waals surface area contributed by atoms with E-state index in [2.05, 4.69) is 34.3 Å². The van der Waals surface area contributed by atoms with Gasteiger partial charge in [-0.05, 0) is 42.4 Å². The number of nitrogens with one attached hydrogen (secondary N) is 1. The molecule has 3 nitrogen and oxygen atoms in total. The summed E-state index contributed by atoms with van der Waals surface area (Å²) in [4.78, 5) is 0. The minimum Gasteiger partial charge on any atom is -0.381 e. The summed E-state index contributed by atoms with van der Waals surface area (Å²) in [6.45, 7) is 3.86. The average Bonchev–Trinajstić information content (AvgIpc) is 2.39. The fourth-order valence-corrected chi connectivity index (χ4v) is 3.50. The Morgan fingerprint density at radius 2 is 2.37 bits per heavy atom. The molecule has 5 heteroatoms. The van der Waals surface area contributed by atoms with Crippen molar-refractivity contribution in [3.05, 3.63) is 33.3 Å². The normalized spacial score (nSPS) is 25.3. The number of hydrogen-bond acceptors (Lipinski definition) is 3. The van der Waals surface area contributed by atoms with Gasteiger partial charge in [0.1, 0.15) is 0 Å². The van der Waals surface area contributed by atoms with E-state index in [1.54, 1.807) is 0 Å². The molecule has 1 aromatic rings. The van der Waals surface area contributed by atoms with Gasteiger partial charge in [0.2, 0.25) is 0 Å². The van der Waals surface area contributed by atoms with Crippen LogP contribution < -0.4 is 11.3 Å². The zero-order chi connectivity index (χ0) is 13.8. The topological polar surface area (TPSA) is 47.3 Å². The van der Waals surface area contributed by atoms with Gasteiger partial charge in [0.15, 0.2) is 0 Å². The predicted molar refractivity (Wildman–Crippen MR) is 82.1 cm³/mol. The summed E-state index contributed by atoms with van der Waals surface area (Å²) in [5.41, 5.74) is 4.10. The Morgan fingerprint density at radius 3 is 3.00 bits per heavy atom. The van der Waals surface area contributed by atoms with Crippen molar-refractivity contribution < 1.29 is 4.74 Å². The third-order valence-electron chi connectivity index (χ3n) is 3.89. The second-order valence-electron chi connectivity index (χ2n) is 5.22. The van der Waals surface area contributed by atoms with Crippen LogP contribution in [0.3, 0.4) is 0 Å². The van der Waals surface area contributed by atoms with Crippen molar-refractivity contribution >= 4 is 27.5 Å². The molecule has 0 spiro atoms. The van der Waals surface area contributed by atoms with Crippen LogP contribution in [0, 0.1) is 11.8 Å². The maximum Gasteiger partial charge on any atom is 0.0494 e. The van der Waals surface area contributed by atoms with Gasteiger partial charge in [0, 0.05) is 28.8 Å². The minimum atomic E-state index is 0.234. The number of hydrogen-bond donors (Lipinski definition) is 2. The van der Waals surface area contributed by atoms with Gasteiger partial charge in [-0.2, -0.15) is 0 Å². The Bertz CT molecular complexity index is 430. The van der Waals surface area contributed by atoms with Crippen molar-refractivity contribution in [3.8, 4) is 0 Å². The molecular formula is C14H20BrClN2O. The van der Waals surface area contributed by atoms with Crippen molar-refractivity contribution in [3.63, 3.8) is 0 Å². The molecule has 0 saturated carbocycles. The van der Waals surface area contributed by atoms with Crippen LogP contribution in [0.15, 0.2) is 22.7 Å². The second-order valence-corrected chi connectivity index (χ2v) is 6.54. The minimum absolute atomic E-state index is 0.234. The first-order valence-electron chi connectivity index (χ1n) is 6.59. The maximum absolute atomic E-state index is 6.28. The SMILES string of the molecule is CC1COCCC1C(Cc1ccc(Br)cc1Cl)NN. The van der Waals surface area contributed by atoms with E-state index in [0.29, 0.717) is 11.8 Å². The Balaban J connectivity index is 2.09. The van der Waals surface area contributed by atoms with Gasteiger partial charge in [-0.3, -0.25) is 11.3 Å². The molecule has 0 amide bonds. The largest absolute Gasteiger partial charge is 0.381 e. The van der Waals surface area contributed by atoms with Crippen molar-refractivity contribution in [1.82, 2.24) is 5.43 Å². The van der Waals surface area contributed by atoms with E-state index in [0.717, 1.165) is 41.1 Å². The fraction of sp³-hybridized carbons (Fsp3) is 0.571. The van der Waals surface area contributed by atoms with Crippen LogP contribution in [0.25, 0.3) is 0 Å². The monoisotopic (exact) mass is 346 g/mol. The van der Waals surface area contributed by atoms with Gasteiger partial charge in [0.25, 0.3) is 0 Å². The Kier molecular flexibility index (Phi) is 5.66. The molecule has 1 aliphatic rings. The lowest BCUT2D eigenvalue weighted by Gasteiger charge is -2.35. The van der Waals surface area contributed by atoms with Gasteiger partial charge in [-0.1, -0.05) is 40.5 Å². The summed E-state index contributed by atoms with van der Waals surface area (Å²) < 4.78 is 6.49. The van der Waals surface area contributed by atoms with Gasteiger partial charge in [0.05, 0.1) is 0 Å². The number of hydrazine groups is 1. The lowest BCUT2D eigenvalue weighted by atomic mass is 9.81. The van der Waals surface area contributed by atoms with Gasteiger partial charge >= 0.3 is 0 Å². The highest BCUT2D eigenvalue weighted by Gasteiger charge is 2.29. The standard InChI is InChI=1S/C14H20BrClN2O/c1-9-8-19-5-4-12(9)14(18-17)6-10-2-3-11(15)7-13(10)16/h2-3,7,9,12,14,18H,4-6,8,17H2,1H3. The van der Waals surface area contributed by atoms with E-state index >= 15 is 0 Å². The van der Waals surface area contributed by atoms with Crippen LogP contribution in [0.4, 0.5) is 0 Å². The highest BCUT2D eigenvalue weighted by Crippen LogP contribution is 2.29. The lowest BCUT2D eigenvalue weighted by molar-refractivity contribution is 0.0109. The number of benzene rings is 1. The van der Waals surface area contributed by atoms with E-state index in [-0.39, 0.29) is 6.04 Å². The smallest absolute Gasteiger partial charge is 0.0494 e. The molecule has 1 saturated heterocycles. The molecule has 1 aromatic carbocycles. The first-order chi connectivity index (χ1) is 9.11. The molecule has 3 N–H and O–H groups in total. The van der Waals surface area contributed by atoms with Crippen LogP contribution in [-0.2, 0) is 11.2 Å². The molecular weight excluding hydrogens is 328 g/mol. The third kappa shape index (κ3) is 3.92. The molecule has 0 aliphatic carbocycles. The highest BCUT2D eigenvalue weighted by molar-refractivity contribution is 9.10. The van der Waals surface area contributed by atoms with Gasteiger partial charge < -0.3 is 4.74 Å². The quantitative estimate of drug-likeness (QED) is 0.650. The molecule has 1 fully saturated rings. The summed E-state index contributed by atoms with van der Waals surface area (Å²) in [6, 6.07) is 6.23. The number of rotatable bonds is 4. The number of ether oxygens (including phenoxy) is 1. The predicted octanol–water partition coefficient (Wildman–Crippen LogP) is 3.15. The maximum atomic E-state index is 6.28. The molecule has 3 unspecified atom stereocenters. The van der Waals surface area contributed by atoms with Crippen molar-refractivity contribution in [1.29, 1.82) is 0 Å². The summed E-state index contributed by atoms with van der Waals surface area (Å²) >= 11 is 9.71. The Morgan fingerprint density at radius 1 is 1.58 bits per heavy atom. The molecule has 3 atom stereocenters. The molecule has 0 radical (unpaired) electrons. The van der Waals surface area contributed by atoms with Crippen LogP contribution in [0.5, 0.6) is 0 Å². The highest BCUT2D eigenvalue weighted by atomic mass is 79.9. The van der Waals surface area contributed by atoms with Crippen LogP contribution in [-0.4, -0.2) is 19.3 Å². The van der Waals surface area contributed by atoms with Gasteiger partial charge in [-0.15, -0.1) is 0 Å². The first-order valence-corrected chi connectivity index (χ1v) is 7.76. The molecule has 19 heavy (non-hydrogen) atoms. The average molecular weight is 348 g/mol. The van der Waals surface area contributed by atoms with Gasteiger partial charge in [-0.25, -0.2) is 0 Å². The Labute approximate surface area is 127 Å². The second kappa shape index (κ2) is 7.04. The van der Waals surface area contributed by atoms with Crippen molar-refractivity contribution in [2.75, 3.05) is 13.2 Å². The van der Waals surface area contributed by atoms with Crippen molar-refractivity contribution in [2.45, 2.75) is 25.8 Å². The summed E-state index contributed by atoms with van der Waals surface area (Å²) in [7, 11) is 0. The van der Waals surface area contributed by atoms with E-state index in [1.165, 1.54) is 0 Å². The zero-order valence-corrected chi connectivity index (χ0v) is 13.4. The van der Waals surface area contributed by atoms with Crippen molar-refractivity contribution in [2.24, 2.45) is 17.7 Å². The summed E-state index contributed by atoms with van der Waals surface area (Å²) in [5.74, 6) is 6.79. The number of nitrogens with two attached hydrogens (primary N) is 1. The molecule has 0 aromatic heterocycles. The third-order valence-corrected chi connectivity index (χ3v) is 4.74. The molecule has 2 rings (SSSR count). The van der Waals surface area contributed by atoms with Crippen LogP contribution in [0.1, 0.15) is 18.9 Å².